The van der Waals surface area contributed by atoms with E-state index in [-0.39, 0.29) is 11.8 Å². The fourth-order valence-corrected chi connectivity index (χ4v) is 1.90. The molecule has 0 aliphatic heterocycles. The lowest BCUT2D eigenvalue weighted by Gasteiger charge is -2.10. The summed E-state index contributed by atoms with van der Waals surface area (Å²) in [4.78, 5) is 4.34. The maximum Gasteiger partial charge on any atom is 0.226 e. The second-order valence-electron chi connectivity index (χ2n) is 5.24. The fourth-order valence-electron chi connectivity index (χ4n) is 1.90. The molecule has 2 rings (SSSR count). The Labute approximate surface area is 111 Å². The summed E-state index contributed by atoms with van der Waals surface area (Å²) in [6, 6.07) is 2.37. The largest absolute Gasteiger partial charge is 0.444 e. The van der Waals surface area contributed by atoms with E-state index in [0.29, 0.717) is 17.0 Å². The van der Waals surface area contributed by atoms with Crippen molar-refractivity contribution in [3.8, 4) is 11.5 Å². The SMILES string of the molecule is CC(C)c1coc(-c2cc(F)c(F)cc2C(C)C)n1. The van der Waals surface area contributed by atoms with Gasteiger partial charge in [-0.1, -0.05) is 27.7 Å². The molecule has 19 heavy (non-hydrogen) atoms. The molecule has 0 bridgehead atoms. The van der Waals surface area contributed by atoms with Crippen molar-refractivity contribution in [2.45, 2.75) is 39.5 Å². The van der Waals surface area contributed by atoms with Crippen LogP contribution in [0.3, 0.4) is 0 Å². The molecule has 0 unspecified atom stereocenters. The topological polar surface area (TPSA) is 26.0 Å². The molecule has 1 heterocycles. The van der Waals surface area contributed by atoms with Gasteiger partial charge in [0.05, 0.1) is 5.69 Å². The van der Waals surface area contributed by atoms with Crippen LogP contribution >= 0.6 is 0 Å². The van der Waals surface area contributed by atoms with Crippen LogP contribution in [0.15, 0.2) is 22.8 Å². The van der Waals surface area contributed by atoms with Crippen LogP contribution in [0.25, 0.3) is 11.5 Å². The van der Waals surface area contributed by atoms with Gasteiger partial charge in [-0.3, -0.25) is 0 Å². The number of rotatable bonds is 3. The Kier molecular flexibility index (Phi) is 3.69. The van der Waals surface area contributed by atoms with Gasteiger partial charge in [0.2, 0.25) is 5.89 Å². The summed E-state index contributed by atoms with van der Waals surface area (Å²) in [7, 11) is 0. The minimum Gasteiger partial charge on any atom is -0.444 e. The predicted molar refractivity (Wildman–Crippen MR) is 70.0 cm³/mol. The zero-order valence-corrected chi connectivity index (χ0v) is 11.5. The lowest BCUT2D eigenvalue weighted by molar-refractivity contribution is 0.505. The molecule has 1 aromatic heterocycles. The number of benzene rings is 1. The van der Waals surface area contributed by atoms with Gasteiger partial charge < -0.3 is 4.42 Å². The van der Waals surface area contributed by atoms with E-state index in [9.17, 15) is 8.78 Å². The van der Waals surface area contributed by atoms with Gasteiger partial charge >= 0.3 is 0 Å². The van der Waals surface area contributed by atoms with E-state index >= 15 is 0 Å². The Morgan fingerprint density at radius 2 is 1.63 bits per heavy atom. The molecule has 0 fully saturated rings. The Morgan fingerprint density at radius 3 is 2.16 bits per heavy atom. The van der Waals surface area contributed by atoms with Crippen LogP contribution in [-0.2, 0) is 0 Å². The molecule has 2 aromatic rings. The van der Waals surface area contributed by atoms with E-state index in [1.165, 1.54) is 6.07 Å². The molecule has 0 N–H and O–H groups in total. The third kappa shape index (κ3) is 2.67. The molecule has 0 spiro atoms. The lowest BCUT2D eigenvalue weighted by atomic mass is 9.96. The van der Waals surface area contributed by atoms with Crippen molar-refractivity contribution in [2.75, 3.05) is 0 Å². The zero-order valence-electron chi connectivity index (χ0n) is 11.5. The van der Waals surface area contributed by atoms with Gasteiger partial charge in [-0.15, -0.1) is 0 Å². The second kappa shape index (κ2) is 5.11. The number of halogens is 2. The zero-order chi connectivity index (χ0) is 14.2. The number of oxazole rings is 1. The summed E-state index contributed by atoms with van der Waals surface area (Å²) in [5.41, 5.74) is 2.01. The summed E-state index contributed by atoms with van der Waals surface area (Å²) < 4.78 is 32.2. The highest BCUT2D eigenvalue weighted by molar-refractivity contribution is 5.60. The van der Waals surface area contributed by atoms with E-state index < -0.39 is 11.6 Å². The molecule has 0 saturated carbocycles. The molecule has 1 aromatic carbocycles. The average molecular weight is 265 g/mol. The molecule has 0 saturated heterocycles. The van der Waals surface area contributed by atoms with Gasteiger partial charge in [-0.05, 0) is 29.5 Å². The second-order valence-corrected chi connectivity index (χ2v) is 5.24. The quantitative estimate of drug-likeness (QED) is 0.791. The van der Waals surface area contributed by atoms with Crippen molar-refractivity contribution in [1.29, 1.82) is 0 Å². The first-order valence-electron chi connectivity index (χ1n) is 6.35. The van der Waals surface area contributed by atoms with Gasteiger partial charge in [0.15, 0.2) is 11.6 Å². The molecular weight excluding hydrogens is 248 g/mol. The molecule has 4 heteroatoms. The highest BCUT2D eigenvalue weighted by Gasteiger charge is 2.18. The smallest absolute Gasteiger partial charge is 0.226 e. The standard InChI is InChI=1S/C15H17F2NO/c1-8(2)10-5-12(16)13(17)6-11(10)15-18-14(7-19-15)9(3)4/h5-9H,1-4H3. The van der Waals surface area contributed by atoms with Crippen molar-refractivity contribution in [3.05, 3.63) is 41.3 Å². The Hall–Kier alpha value is -1.71. The number of hydrogen-bond donors (Lipinski definition) is 0. The minimum atomic E-state index is -0.885. The van der Waals surface area contributed by atoms with Crippen LogP contribution < -0.4 is 0 Å². The molecule has 0 atom stereocenters. The van der Waals surface area contributed by atoms with Gasteiger partial charge in [-0.25, -0.2) is 13.8 Å². The maximum atomic E-state index is 13.4. The molecule has 0 radical (unpaired) electrons. The molecule has 102 valence electrons. The van der Waals surface area contributed by atoms with Gasteiger partial charge in [-0.2, -0.15) is 0 Å². The Bertz CT molecular complexity index is 588. The van der Waals surface area contributed by atoms with Crippen molar-refractivity contribution in [1.82, 2.24) is 4.98 Å². The summed E-state index contributed by atoms with van der Waals surface area (Å²) >= 11 is 0. The summed E-state index contributed by atoms with van der Waals surface area (Å²) in [5.74, 6) is -1.11. The van der Waals surface area contributed by atoms with Crippen LogP contribution in [0.5, 0.6) is 0 Å². The van der Waals surface area contributed by atoms with Crippen molar-refractivity contribution in [3.63, 3.8) is 0 Å². The molecule has 0 aliphatic rings. The number of hydrogen-bond acceptors (Lipinski definition) is 2. The van der Waals surface area contributed by atoms with E-state index in [1.807, 2.05) is 27.7 Å². The molecule has 2 nitrogen and oxygen atoms in total. The van der Waals surface area contributed by atoms with Crippen LogP contribution in [0.4, 0.5) is 8.78 Å². The summed E-state index contributed by atoms with van der Waals surface area (Å²) in [5, 5.41) is 0. The molecule has 0 aliphatic carbocycles. The maximum absolute atomic E-state index is 13.4. The third-order valence-corrected chi connectivity index (χ3v) is 3.06. The van der Waals surface area contributed by atoms with E-state index in [2.05, 4.69) is 4.98 Å². The van der Waals surface area contributed by atoms with Crippen LogP contribution in [0.2, 0.25) is 0 Å². The van der Waals surface area contributed by atoms with Crippen LogP contribution in [0, 0.1) is 11.6 Å². The Balaban J connectivity index is 2.56. The van der Waals surface area contributed by atoms with Crippen molar-refractivity contribution < 1.29 is 13.2 Å². The highest BCUT2D eigenvalue weighted by atomic mass is 19.2. The molecule has 0 amide bonds. The van der Waals surface area contributed by atoms with Crippen molar-refractivity contribution in [2.24, 2.45) is 0 Å². The first-order chi connectivity index (χ1) is 8.90. The first kappa shape index (κ1) is 13.7. The van der Waals surface area contributed by atoms with Gasteiger partial charge in [0.25, 0.3) is 0 Å². The van der Waals surface area contributed by atoms with E-state index in [4.69, 9.17) is 4.42 Å². The van der Waals surface area contributed by atoms with Crippen LogP contribution in [0.1, 0.15) is 50.8 Å². The van der Waals surface area contributed by atoms with E-state index in [0.717, 1.165) is 11.8 Å². The predicted octanol–water partition coefficient (Wildman–Crippen LogP) is 4.87. The van der Waals surface area contributed by atoms with Crippen LogP contribution in [-0.4, -0.2) is 4.98 Å². The Morgan fingerprint density at radius 1 is 1.00 bits per heavy atom. The normalized spacial score (nSPS) is 11.6. The summed E-state index contributed by atoms with van der Waals surface area (Å²) in [6.45, 7) is 7.83. The number of aromatic nitrogens is 1. The van der Waals surface area contributed by atoms with Crippen molar-refractivity contribution >= 4 is 0 Å². The monoisotopic (exact) mass is 265 g/mol. The fraction of sp³-hybridized carbons (Fsp3) is 0.400. The van der Waals surface area contributed by atoms with Gasteiger partial charge in [0, 0.05) is 5.56 Å². The van der Waals surface area contributed by atoms with E-state index in [1.54, 1.807) is 6.26 Å². The average Bonchev–Trinajstić information content (AvgIpc) is 2.81. The number of nitrogens with zero attached hydrogens (tertiary/aromatic N) is 1. The minimum absolute atomic E-state index is 0.0551. The first-order valence-corrected chi connectivity index (χ1v) is 6.35. The molecular formula is C15H17F2NO. The lowest BCUT2D eigenvalue weighted by Crippen LogP contribution is -1.97. The summed E-state index contributed by atoms with van der Waals surface area (Å²) in [6.07, 6.45) is 1.56. The van der Waals surface area contributed by atoms with Gasteiger partial charge in [0.1, 0.15) is 6.26 Å². The highest BCUT2D eigenvalue weighted by Crippen LogP contribution is 2.31. The third-order valence-electron chi connectivity index (χ3n) is 3.06.